The molecule has 38 heavy (non-hydrogen) atoms. The number of thiazole rings is 1. The van der Waals surface area contributed by atoms with Crippen LogP contribution in [0.2, 0.25) is 0 Å². The molecular formula is C28H33N5O3S2. The molecule has 1 aliphatic rings. The molecule has 200 valence electrons. The molecule has 8 nitrogen and oxygen atoms in total. The Bertz CT molecular complexity index is 1270. The molecule has 2 heterocycles. The van der Waals surface area contributed by atoms with E-state index in [-0.39, 0.29) is 17.7 Å². The van der Waals surface area contributed by atoms with Gasteiger partial charge in [0.2, 0.25) is 5.91 Å². The van der Waals surface area contributed by atoms with Gasteiger partial charge < -0.3 is 15.1 Å². The second-order valence-electron chi connectivity index (χ2n) is 9.46. The molecule has 0 atom stereocenters. The van der Waals surface area contributed by atoms with Gasteiger partial charge in [-0.05, 0) is 35.4 Å². The van der Waals surface area contributed by atoms with Gasteiger partial charge in [0.05, 0.1) is 10.4 Å². The standard InChI is InChI=1S/C28H33N5O3S2/c1-19(2)29-16-21-7-9-23(10-8-21)26(35)31-28-30-17-25(38-28)37-18-22-5-4-6-24(15-22)27(36)33-13-11-32(12-14-33)20(3)34/h4-10,15,17,19,29H,11-14,16,18H2,1-3H3,(H,30,31,35). The summed E-state index contributed by atoms with van der Waals surface area (Å²) in [4.78, 5) is 45.1. The molecule has 1 aliphatic heterocycles. The Balaban J connectivity index is 1.28. The van der Waals surface area contributed by atoms with Crippen LogP contribution in [0.5, 0.6) is 0 Å². The van der Waals surface area contributed by atoms with E-state index in [0.29, 0.717) is 54.2 Å². The lowest BCUT2D eigenvalue weighted by Gasteiger charge is -2.34. The summed E-state index contributed by atoms with van der Waals surface area (Å²) in [5, 5.41) is 6.80. The number of nitrogens with zero attached hydrogens (tertiary/aromatic N) is 3. The van der Waals surface area contributed by atoms with Gasteiger partial charge in [0.25, 0.3) is 11.8 Å². The van der Waals surface area contributed by atoms with Crippen LogP contribution in [0.1, 0.15) is 52.6 Å². The summed E-state index contributed by atoms with van der Waals surface area (Å²) >= 11 is 3.04. The number of carbonyl (C=O) groups excluding carboxylic acids is 3. The smallest absolute Gasteiger partial charge is 0.257 e. The lowest BCUT2D eigenvalue weighted by molar-refractivity contribution is -0.130. The zero-order chi connectivity index (χ0) is 27.1. The van der Waals surface area contributed by atoms with Gasteiger partial charge >= 0.3 is 0 Å². The van der Waals surface area contributed by atoms with Gasteiger partial charge in [0, 0.05) is 62.6 Å². The largest absolute Gasteiger partial charge is 0.339 e. The van der Waals surface area contributed by atoms with E-state index >= 15 is 0 Å². The third kappa shape index (κ3) is 7.66. The molecule has 0 unspecified atom stereocenters. The van der Waals surface area contributed by atoms with Crippen molar-refractivity contribution in [1.29, 1.82) is 0 Å². The number of hydrogen-bond acceptors (Lipinski definition) is 7. The van der Waals surface area contributed by atoms with Gasteiger partial charge in [-0.25, -0.2) is 4.98 Å². The van der Waals surface area contributed by atoms with Gasteiger partial charge in [-0.3, -0.25) is 19.7 Å². The van der Waals surface area contributed by atoms with Crippen LogP contribution in [0.3, 0.4) is 0 Å². The number of nitrogens with one attached hydrogen (secondary N) is 2. The molecule has 0 bridgehead atoms. The molecule has 2 N–H and O–H groups in total. The highest BCUT2D eigenvalue weighted by Crippen LogP contribution is 2.31. The lowest BCUT2D eigenvalue weighted by Crippen LogP contribution is -2.50. The summed E-state index contributed by atoms with van der Waals surface area (Å²) in [6.45, 7) is 8.76. The third-order valence-electron chi connectivity index (χ3n) is 6.20. The first-order chi connectivity index (χ1) is 18.3. The molecule has 0 aliphatic carbocycles. The van der Waals surface area contributed by atoms with Crippen LogP contribution in [-0.2, 0) is 17.1 Å². The quantitative estimate of drug-likeness (QED) is 0.381. The van der Waals surface area contributed by atoms with Gasteiger partial charge in [-0.15, -0.1) is 11.8 Å². The minimum absolute atomic E-state index is 0.00735. The van der Waals surface area contributed by atoms with Crippen LogP contribution < -0.4 is 10.6 Å². The molecule has 1 fully saturated rings. The number of amides is 3. The second kappa shape index (κ2) is 13.0. The van der Waals surface area contributed by atoms with Crippen LogP contribution in [0.4, 0.5) is 5.13 Å². The number of carbonyl (C=O) groups is 3. The highest BCUT2D eigenvalue weighted by atomic mass is 32.2. The first-order valence-electron chi connectivity index (χ1n) is 12.6. The topological polar surface area (TPSA) is 94.6 Å². The second-order valence-corrected chi connectivity index (χ2v) is 11.8. The predicted octanol–water partition coefficient (Wildman–Crippen LogP) is 4.49. The van der Waals surface area contributed by atoms with E-state index < -0.39 is 0 Å². The van der Waals surface area contributed by atoms with Crippen molar-refractivity contribution in [3.8, 4) is 0 Å². The Kier molecular flexibility index (Phi) is 9.54. The highest BCUT2D eigenvalue weighted by molar-refractivity contribution is 8.00. The summed E-state index contributed by atoms with van der Waals surface area (Å²) in [5.41, 5.74) is 3.41. The first kappa shape index (κ1) is 27.8. The van der Waals surface area contributed by atoms with Gasteiger partial charge in [-0.1, -0.05) is 49.4 Å². The Hall–Kier alpha value is -3.21. The van der Waals surface area contributed by atoms with Crippen molar-refractivity contribution in [2.24, 2.45) is 0 Å². The highest BCUT2D eigenvalue weighted by Gasteiger charge is 2.23. The Labute approximate surface area is 231 Å². The van der Waals surface area contributed by atoms with E-state index in [9.17, 15) is 14.4 Å². The summed E-state index contributed by atoms with van der Waals surface area (Å²) in [6, 6.07) is 15.6. The van der Waals surface area contributed by atoms with Crippen LogP contribution in [0, 0.1) is 0 Å². The molecule has 0 saturated carbocycles. The van der Waals surface area contributed by atoms with Gasteiger partial charge in [0.15, 0.2) is 5.13 Å². The van der Waals surface area contributed by atoms with E-state index in [2.05, 4.69) is 29.5 Å². The Morgan fingerprint density at radius 2 is 1.68 bits per heavy atom. The van der Waals surface area contributed by atoms with Crippen molar-refractivity contribution >= 4 is 46.0 Å². The number of thioether (sulfide) groups is 1. The van der Waals surface area contributed by atoms with Crippen molar-refractivity contribution in [3.05, 3.63) is 77.0 Å². The monoisotopic (exact) mass is 551 g/mol. The average molecular weight is 552 g/mol. The summed E-state index contributed by atoms with van der Waals surface area (Å²) < 4.78 is 0.979. The van der Waals surface area contributed by atoms with Gasteiger partial charge in [0.1, 0.15) is 0 Å². The fourth-order valence-corrected chi connectivity index (χ4v) is 5.81. The minimum Gasteiger partial charge on any atom is -0.339 e. The number of piperazine rings is 1. The van der Waals surface area contributed by atoms with E-state index in [4.69, 9.17) is 0 Å². The van der Waals surface area contributed by atoms with Crippen molar-refractivity contribution in [1.82, 2.24) is 20.1 Å². The number of benzene rings is 2. The number of hydrogen-bond donors (Lipinski definition) is 2. The van der Waals surface area contributed by atoms with Crippen molar-refractivity contribution in [2.45, 2.75) is 43.3 Å². The summed E-state index contributed by atoms with van der Waals surface area (Å²) in [5.74, 6) is 0.535. The lowest BCUT2D eigenvalue weighted by atomic mass is 10.1. The molecule has 1 aromatic heterocycles. The normalized spacial score (nSPS) is 13.6. The molecule has 0 spiro atoms. The maximum atomic E-state index is 13.0. The molecule has 3 amide bonds. The molecule has 4 rings (SSSR count). The predicted molar refractivity (Wildman–Crippen MR) is 153 cm³/mol. The minimum atomic E-state index is -0.186. The SMILES string of the molecule is CC(=O)N1CCN(C(=O)c2cccc(CSc3cnc(NC(=O)c4ccc(CNC(C)C)cc4)s3)c2)CC1. The number of aromatic nitrogens is 1. The van der Waals surface area contributed by atoms with Gasteiger partial charge in [-0.2, -0.15) is 0 Å². The Morgan fingerprint density at radius 3 is 2.37 bits per heavy atom. The third-order valence-corrected chi connectivity index (χ3v) is 8.38. The molecule has 0 radical (unpaired) electrons. The zero-order valence-corrected chi connectivity index (χ0v) is 23.5. The van der Waals surface area contributed by atoms with E-state index in [1.54, 1.807) is 34.7 Å². The first-order valence-corrected chi connectivity index (χ1v) is 14.4. The van der Waals surface area contributed by atoms with Crippen molar-refractivity contribution < 1.29 is 14.4 Å². The molecule has 3 aromatic rings. The maximum absolute atomic E-state index is 13.0. The molecular weight excluding hydrogens is 518 g/mol. The maximum Gasteiger partial charge on any atom is 0.257 e. The van der Waals surface area contributed by atoms with Crippen LogP contribution in [-0.4, -0.2) is 64.7 Å². The van der Waals surface area contributed by atoms with E-state index in [0.717, 1.165) is 21.9 Å². The zero-order valence-electron chi connectivity index (χ0n) is 21.9. The van der Waals surface area contributed by atoms with Crippen LogP contribution in [0.25, 0.3) is 0 Å². The van der Waals surface area contributed by atoms with Crippen molar-refractivity contribution in [2.75, 3.05) is 31.5 Å². The van der Waals surface area contributed by atoms with Crippen LogP contribution in [0.15, 0.2) is 58.9 Å². The number of anilines is 1. The fourth-order valence-electron chi connectivity index (χ4n) is 4.00. The molecule has 1 saturated heterocycles. The fraction of sp³-hybridized carbons (Fsp3) is 0.357. The summed E-state index contributed by atoms with van der Waals surface area (Å²) in [7, 11) is 0. The van der Waals surface area contributed by atoms with Crippen molar-refractivity contribution in [3.63, 3.8) is 0 Å². The van der Waals surface area contributed by atoms with Crippen LogP contribution >= 0.6 is 23.1 Å². The number of rotatable bonds is 9. The molecule has 10 heteroatoms. The van der Waals surface area contributed by atoms with E-state index in [1.807, 2.05) is 48.5 Å². The average Bonchev–Trinajstić information content (AvgIpc) is 3.38. The Morgan fingerprint density at radius 1 is 0.974 bits per heavy atom. The summed E-state index contributed by atoms with van der Waals surface area (Å²) in [6.07, 6.45) is 1.76. The molecule has 2 aromatic carbocycles. The van der Waals surface area contributed by atoms with E-state index in [1.165, 1.54) is 11.3 Å².